The Balaban J connectivity index is 0.00000162. The fourth-order valence-corrected chi connectivity index (χ4v) is 1.66. The van der Waals surface area contributed by atoms with Crippen LogP contribution in [0, 0.1) is 5.82 Å². The number of ether oxygens (including phenoxy) is 1. The molecule has 18 heavy (non-hydrogen) atoms. The monoisotopic (exact) mass is 287 g/mol. The summed E-state index contributed by atoms with van der Waals surface area (Å²) < 4.78 is 18.7. The summed E-state index contributed by atoms with van der Waals surface area (Å²) in [6.45, 7) is 0.360. The van der Waals surface area contributed by atoms with E-state index in [1.807, 2.05) is 0 Å². The molecule has 0 amide bonds. The number of halogens is 3. The molecule has 0 aliphatic carbocycles. The molecule has 2 N–H and O–H groups in total. The van der Waals surface area contributed by atoms with Crippen LogP contribution in [-0.2, 0) is 6.54 Å². The van der Waals surface area contributed by atoms with Crippen LogP contribution >= 0.6 is 24.0 Å². The molecule has 5 heteroatoms. The lowest BCUT2D eigenvalue weighted by Gasteiger charge is -2.08. The van der Waals surface area contributed by atoms with Gasteiger partial charge in [-0.1, -0.05) is 29.8 Å². The van der Waals surface area contributed by atoms with Gasteiger partial charge in [0.05, 0.1) is 0 Å². The maximum Gasteiger partial charge on any atom is 0.165 e. The molecule has 2 aromatic carbocycles. The van der Waals surface area contributed by atoms with Crippen LogP contribution in [0.2, 0.25) is 5.02 Å². The van der Waals surface area contributed by atoms with E-state index in [1.54, 1.807) is 36.4 Å². The first-order valence-electron chi connectivity index (χ1n) is 5.11. The van der Waals surface area contributed by atoms with Gasteiger partial charge in [-0.15, -0.1) is 12.4 Å². The smallest absolute Gasteiger partial charge is 0.165 e. The number of hydrogen-bond acceptors (Lipinski definition) is 2. The van der Waals surface area contributed by atoms with Crippen molar-refractivity contribution < 1.29 is 9.13 Å². The molecular formula is C13H12Cl2FNO. The van der Waals surface area contributed by atoms with Gasteiger partial charge < -0.3 is 10.5 Å². The normalized spacial score (nSPS) is 9.72. The predicted octanol–water partition coefficient (Wildman–Crippen LogP) is 4.15. The van der Waals surface area contributed by atoms with Gasteiger partial charge in [-0.05, 0) is 29.8 Å². The van der Waals surface area contributed by atoms with Gasteiger partial charge >= 0.3 is 0 Å². The molecule has 0 spiro atoms. The van der Waals surface area contributed by atoms with Crippen LogP contribution in [-0.4, -0.2) is 0 Å². The molecule has 0 bridgehead atoms. The van der Waals surface area contributed by atoms with E-state index in [0.717, 1.165) is 5.56 Å². The number of para-hydroxylation sites is 1. The highest BCUT2D eigenvalue weighted by Crippen LogP contribution is 2.27. The van der Waals surface area contributed by atoms with E-state index in [0.29, 0.717) is 17.3 Å². The van der Waals surface area contributed by atoms with E-state index >= 15 is 0 Å². The molecule has 0 unspecified atom stereocenters. The fraction of sp³-hybridized carbons (Fsp3) is 0.0769. The van der Waals surface area contributed by atoms with Gasteiger partial charge in [0.1, 0.15) is 5.75 Å². The zero-order valence-electron chi connectivity index (χ0n) is 9.40. The lowest BCUT2D eigenvalue weighted by Crippen LogP contribution is -1.97. The molecule has 0 saturated heterocycles. The van der Waals surface area contributed by atoms with Crippen LogP contribution in [0.1, 0.15) is 5.56 Å². The molecule has 0 aliphatic heterocycles. The topological polar surface area (TPSA) is 35.2 Å². The van der Waals surface area contributed by atoms with Crippen LogP contribution in [0.5, 0.6) is 11.5 Å². The number of nitrogens with two attached hydrogens (primary N) is 1. The minimum absolute atomic E-state index is 0. The highest BCUT2D eigenvalue weighted by molar-refractivity contribution is 6.31. The largest absolute Gasteiger partial charge is 0.454 e. The van der Waals surface area contributed by atoms with Crippen molar-refractivity contribution in [3.8, 4) is 11.5 Å². The van der Waals surface area contributed by atoms with E-state index in [1.165, 1.54) is 6.07 Å². The Bertz CT molecular complexity index is 534. The highest BCUT2D eigenvalue weighted by atomic mass is 35.5. The van der Waals surface area contributed by atoms with E-state index in [2.05, 4.69) is 0 Å². The molecule has 0 radical (unpaired) electrons. The standard InChI is InChI=1S/C13H11ClFNO.ClH/c14-11-7-10(6-5-9(11)8-16)17-13-4-2-1-3-12(13)15;/h1-7H,8,16H2;1H. The maximum absolute atomic E-state index is 13.3. The van der Waals surface area contributed by atoms with Gasteiger partial charge in [-0.2, -0.15) is 0 Å². The lowest BCUT2D eigenvalue weighted by atomic mass is 10.2. The van der Waals surface area contributed by atoms with E-state index < -0.39 is 5.82 Å². The third kappa shape index (κ3) is 3.35. The van der Waals surface area contributed by atoms with Crippen LogP contribution in [0.4, 0.5) is 4.39 Å². The van der Waals surface area contributed by atoms with E-state index in [4.69, 9.17) is 22.1 Å². The molecule has 0 heterocycles. The second-order valence-electron chi connectivity index (χ2n) is 3.49. The van der Waals surface area contributed by atoms with Gasteiger partial charge in [-0.3, -0.25) is 0 Å². The van der Waals surface area contributed by atoms with Crippen molar-refractivity contribution in [2.24, 2.45) is 5.73 Å². The van der Waals surface area contributed by atoms with Gasteiger partial charge in [0.15, 0.2) is 11.6 Å². The Morgan fingerprint density at radius 1 is 1.17 bits per heavy atom. The first-order valence-corrected chi connectivity index (χ1v) is 5.49. The first-order chi connectivity index (χ1) is 8.20. The minimum atomic E-state index is -0.411. The SMILES string of the molecule is Cl.NCc1ccc(Oc2ccccc2F)cc1Cl. The van der Waals surface area contributed by atoms with Gasteiger partial charge in [0.25, 0.3) is 0 Å². The second-order valence-corrected chi connectivity index (χ2v) is 3.90. The molecule has 0 fully saturated rings. The molecule has 0 aliphatic rings. The molecule has 0 atom stereocenters. The van der Waals surface area contributed by atoms with Crippen LogP contribution in [0.15, 0.2) is 42.5 Å². The zero-order valence-corrected chi connectivity index (χ0v) is 11.0. The van der Waals surface area contributed by atoms with E-state index in [9.17, 15) is 4.39 Å². The summed E-state index contributed by atoms with van der Waals surface area (Å²) in [6.07, 6.45) is 0. The summed E-state index contributed by atoms with van der Waals surface area (Å²) in [5.41, 5.74) is 6.32. The van der Waals surface area contributed by atoms with Gasteiger partial charge in [0.2, 0.25) is 0 Å². The highest BCUT2D eigenvalue weighted by Gasteiger charge is 2.05. The Morgan fingerprint density at radius 2 is 1.89 bits per heavy atom. The van der Waals surface area contributed by atoms with E-state index in [-0.39, 0.29) is 18.2 Å². The quantitative estimate of drug-likeness (QED) is 0.920. The number of rotatable bonds is 3. The van der Waals surface area contributed by atoms with Gasteiger partial charge in [0, 0.05) is 11.6 Å². The summed E-state index contributed by atoms with van der Waals surface area (Å²) in [4.78, 5) is 0. The maximum atomic E-state index is 13.3. The minimum Gasteiger partial charge on any atom is -0.454 e. The van der Waals surface area contributed by atoms with Crippen molar-refractivity contribution in [1.82, 2.24) is 0 Å². The summed E-state index contributed by atoms with van der Waals surface area (Å²) in [5.74, 6) is 0.243. The Labute approximate surface area is 116 Å². The van der Waals surface area contributed by atoms with Crippen molar-refractivity contribution in [3.63, 3.8) is 0 Å². The van der Waals surface area contributed by atoms with Crippen molar-refractivity contribution in [3.05, 3.63) is 58.9 Å². The summed E-state index contributed by atoms with van der Waals surface area (Å²) in [7, 11) is 0. The molecule has 0 aromatic heterocycles. The molecule has 2 aromatic rings. The van der Waals surface area contributed by atoms with Crippen molar-refractivity contribution >= 4 is 24.0 Å². The fourth-order valence-electron chi connectivity index (χ4n) is 1.41. The summed E-state index contributed by atoms with van der Waals surface area (Å²) in [6, 6.07) is 11.3. The van der Waals surface area contributed by atoms with Crippen LogP contribution in [0.3, 0.4) is 0 Å². The first kappa shape index (κ1) is 14.8. The zero-order chi connectivity index (χ0) is 12.3. The average molecular weight is 288 g/mol. The second kappa shape index (κ2) is 6.59. The molecule has 0 saturated carbocycles. The number of benzene rings is 2. The van der Waals surface area contributed by atoms with Crippen LogP contribution < -0.4 is 10.5 Å². The summed E-state index contributed by atoms with van der Waals surface area (Å²) in [5, 5.41) is 0.515. The Hall–Kier alpha value is -1.29. The average Bonchev–Trinajstić information content (AvgIpc) is 2.32. The lowest BCUT2D eigenvalue weighted by molar-refractivity contribution is 0.442. The van der Waals surface area contributed by atoms with Gasteiger partial charge in [-0.25, -0.2) is 4.39 Å². The Morgan fingerprint density at radius 3 is 2.50 bits per heavy atom. The third-order valence-electron chi connectivity index (χ3n) is 2.31. The molecular weight excluding hydrogens is 276 g/mol. The molecule has 2 rings (SSSR count). The molecule has 2 nitrogen and oxygen atoms in total. The third-order valence-corrected chi connectivity index (χ3v) is 2.66. The number of hydrogen-bond donors (Lipinski definition) is 1. The van der Waals surface area contributed by atoms with Crippen molar-refractivity contribution in [2.75, 3.05) is 0 Å². The van der Waals surface area contributed by atoms with Crippen molar-refractivity contribution in [2.45, 2.75) is 6.54 Å². The van der Waals surface area contributed by atoms with Crippen molar-refractivity contribution in [1.29, 1.82) is 0 Å². The van der Waals surface area contributed by atoms with Crippen LogP contribution in [0.25, 0.3) is 0 Å². The molecule has 96 valence electrons. The summed E-state index contributed by atoms with van der Waals surface area (Å²) >= 11 is 5.98. The predicted molar refractivity (Wildman–Crippen MR) is 73.1 cm³/mol. The Kier molecular flexibility index (Phi) is 5.41.